The van der Waals surface area contributed by atoms with Gasteiger partial charge in [-0.3, -0.25) is 9.48 Å². The van der Waals surface area contributed by atoms with Crippen molar-refractivity contribution in [2.45, 2.75) is 0 Å². The Hall–Kier alpha value is -5.68. The topological polar surface area (TPSA) is 105 Å². The van der Waals surface area contributed by atoms with Gasteiger partial charge in [-0.25, -0.2) is 13.9 Å². The molecule has 1 aliphatic heterocycles. The summed E-state index contributed by atoms with van der Waals surface area (Å²) in [4.78, 5) is 21.2. The smallest absolute Gasteiger partial charge is 0.298 e. The third-order valence-electron chi connectivity index (χ3n) is 7.14. The van der Waals surface area contributed by atoms with E-state index in [2.05, 4.69) is 33.0 Å². The quantitative estimate of drug-likeness (QED) is 0.310. The Labute approximate surface area is 241 Å². The molecule has 0 radical (unpaired) electrons. The molecule has 1 aliphatic rings. The largest absolute Gasteiger partial charge is 0.497 e. The number of methoxy groups -OCH3 is 1. The van der Waals surface area contributed by atoms with Crippen LogP contribution < -0.4 is 9.64 Å². The molecular formula is C31H25FN8O2. The minimum absolute atomic E-state index is 0.312. The summed E-state index contributed by atoms with van der Waals surface area (Å²) in [5, 5.41) is 18.4. The summed E-state index contributed by atoms with van der Waals surface area (Å²) >= 11 is 0. The van der Waals surface area contributed by atoms with Gasteiger partial charge in [0.05, 0.1) is 30.6 Å². The number of piperazine rings is 1. The van der Waals surface area contributed by atoms with E-state index in [9.17, 15) is 14.4 Å². The third kappa shape index (κ3) is 5.23. The molecule has 10 nitrogen and oxygen atoms in total. The first-order valence-corrected chi connectivity index (χ1v) is 13.2. The molecular weight excluding hydrogens is 535 g/mol. The van der Waals surface area contributed by atoms with E-state index in [1.807, 2.05) is 37.6 Å². The van der Waals surface area contributed by atoms with Gasteiger partial charge in [-0.1, -0.05) is 5.92 Å². The molecule has 5 heterocycles. The number of carbonyl (C=O) groups excluding carboxylic acids is 1. The van der Waals surface area contributed by atoms with Crippen LogP contribution in [0.25, 0.3) is 27.8 Å². The van der Waals surface area contributed by atoms with Crippen molar-refractivity contribution in [1.29, 1.82) is 5.26 Å². The van der Waals surface area contributed by atoms with Crippen LogP contribution in [0, 0.1) is 29.0 Å². The number of aryl methyl sites for hydroxylation is 1. The van der Waals surface area contributed by atoms with Gasteiger partial charge in [-0.2, -0.15) is 15.5 Å². The second-order valence-corrected chi connectivity index (χ2v) is 9.82. The van der Waals surface area contributed by atoms with Gasteiger partial charge in [-0.15, -0.1) is 0 Å². The van der Waals surface area contributed by atoms with Gasteiger partial charge in [0.1, 0.15) is 23.5 Å². The van der Waals surface area contributed by atoms with E-state index >= 15 is 0 Å². The SMILES string of the molecule is COc1cc(F)cc(C#CC(=O)N2CCN(c3ccc(-c4cc(-c5cnn(C)c5)cn5ncc(C#N)c45)cn3)CC2)c1. The molecule has 11 heteroatoms. The normalized spacial score (nSPS) is 13.0. The second kappa shape index (κ2) is 11.1. The van der Waals surface area contributed by atoms with E-state index in [-0.39, 0.29) is 5.91 Å². The van der Waals surface area contributed by atoms with Crippen molar-refractivity contribution < 1.29 is 13.9 Å². The number of carbonyl (C=O) groups is 1. The van der Waals surface area contributed by atoms with Crippen molar-refractivity contribution in [3.8, 4) is 45.9 Å². The highest BCUT2D eigenvalue weighted by Gasteiger charge is 2.21. The van der Waals surface area contributed by atoms with E-state index in [4.69, 9.17) is 9.72 Å². The standard InChI is InChI=1S/C31H25FN8O2/c1-37-19-25(18-35-37)23-13-28(31-24(15-33)17-36-40(31)20-23)22-4-5-29(34-16-22)38-7-9-39(10-8-38)30(41)6-3-21-11-26(32)14-27(12-21)42-2/h4-5,11-14,16-20H,7-10H2,1-2H3. The summed E-state index contributed by atoms with van der Waals surface area (Å²) in [5.41, 5.74) is 5.12. The van der Waals surface area contributed by atoms with E-state index in [0.29, 0.717) is 48.6 Å². The zero-order chi connectivity index (χ0) is 29.2. The fourth-order valence-corrected chi connectivity index (χ4v) is 4.98. The van der Waals surface area contributed by atoms with Gasteiger partial charge >= 0.3 is 0 Å². The summed E-state index contributed by atoms with van der Waals surface area (Å²) in [5.74, 6) is 5.70. The van der Waals surface area contributed by atoms with Gasteiger partial charge in [0.15, 0.2) is 0 Å². The fourth-order valence-electron chi connectivity index (χ4n) is 4.98. The highest BCUT2D eigenvalue weighted by molar-refractivity contribution is 5.94. The van der Waals surface area contributed by atoms with Crippen LogP contribution in [-0.4, -0.2) is 68.5 Å². The average molecular weight is 561 g/mol. The Morgan fingerprint density at radius 3 is 2.50 bits per heavy atom. The van der Waals surface area contributed by atoms with Crippen molar-refractivity contribution in [2.75, 3.05) is 38.2 Å². The lowest BCUT2D eigenvalue weighted by atomic mass is 10.0. The summed E-state index contributed by atoms with van der Waals surface area (Å²) in [6.45, 7) is 2.15. The van der Waals surface area contributed by atoms with Crippen LogP contribution in [0.15, 0.2) is 67.4 Å². The van der Waals surface area contributed by atoms with Crippen LogP contribution in [0.5, 0.6) is 5.75 Å². The molecule has 0 N–H and O–H groups in total. The molecule has 1 fully saturated rings. The lowest BCUT2D eigenvalue weighted by Crippen LogP contribution is -2.48. The highest BCUT2D eigenvalue weighted by Crippen LogP contribution is 2.32. The van der Waals surface area contributed by atoms with E-state index < -0.39 is 5.82 Å². The lowest BCUT2D eigenvalue weighted by Gasteiger charge is -2.34. The first kappa shape index (κ1) is 26.5. The maximum atomic E-state index is 13.7. The number of hydrogen-bond donors (Lipinski definition) is 0. The minimum Gasteiger partial charge on any atom is -0.497 e. The number of fused-ring (bicyclic) bond motifs is 1. The van der Waals surface area contributed by atoms with Crippen molar-refractivity contribution in [3.63, 3.8) is 0 Å². The first-order chi connectivity index (χ1) is 20.4. The summed E-state index contributed by atoms with van der Waals surface area (Å²) in [7, 11) is 3.31. The molecule has 1 saturated heterocycles. The Bertz CT molecular complexity index is 1900. The van der Waals surface area contributed by atoms with E-state index in [1.165, 1.54) is 19.2 Å². The number of aromatic nitrogens is 5. The molecule has 0 bridgehead atoms. The molecule has 0 spiro atoms. The van der Waals surface area contributed by atoms with Gasteiger partial charge in [-0.05, 0) is 30.3 Å². The van der Waals surface area contributed by atoms with Crippen LogP contribution in [0.3, 0.4) is 0 Å². The molecule has 0 saturated carbocycles. The first-order valence-electron chi connectivity index (χ1n) is 13.2. The molecule has 0 atom stereocenters. The molecule has 6 rings (SSSR count). The highest BCUT2D eigenvalue weighted by atomic mass is 19.1. The molecule has 1 amide bonds. The minimum atomic E-state index is -0.473. The predicted octanol–water partition coefficient (Wildman–Crippen LogP) is 3.52. The maximum Gasteiger partial charge on any atom is 0.298 e. The van der Waals surface area contributed by atoms with Crippen LogP contribution in [0.1, 0.15) is 11.1 Å². The van der Waals surface area contributed by atoms with Crippen LogP contribution in [0.4, 0.5) is 10.2 Å². The molecule has 5 aromatic rings. The second-order valence-electron chi connectivity index (χ2n) is 9.82. The number of nitrogens with zero attached hydrogens (tertiary/aromatic N) is 8. The Kier molecular flexibility index (Phi) is 6.99. The molecule has 42 heavy (non-hydrogen) atoms. The number of anilines is 1. The Morgan fingerprint density at radius 2 is 1.81 bits per heavy atom. The Morgan fingerprint density at radius 1 is 0.976 bits per heavy atom. The Balaban J connectivity index is 1.18. The third-order valence-corrected chi connectivity index (χ3v) is 7.14. The number of pyridine rings is 2. The van der Waals surface area contributed by atoms with Crippen LogP contribution in [0.2, 0.25) is 0 Å². The predicted molar refractivity (Wildman–Crippen MR) is 154 cm³/mol. The van der Waals surface area contributed by atoms with Crippen LogP contribution in [-0.2, 0) is 11.8 Å². The molecule has 1 aromatic carbocycles. The molecule has 4 aromatic heterocycles. The number of benzene rings is 1. The van der Waals surface area contributed by atoms with Crippen molar-refractivity contribution >= 4 is 17.2 Å². The molecule has 0 unspecified atom stereocenters. The zero-order valence-corrected chi connectivity index (χ0v) is 23.0. The van der Waals surface area contributed by atoms with Crippen molar-refractivity contribution in [2.24, 2.45) is 7.05 Å². The van der Waals surface area contributed by atoms with Crippen LogP contribution >= 0.6 is 0 Å². The number of hydrogen-bond acceptors (Lipinski definition) is 7. The summed E-state index contributed by atoms with van der Waals surface area (Å²) < 4.78 is 22.2. The number of nitriles is 1. The zero-order valence-electron chi connectivity index (χ0n) is 23.0. The maximum absolute atomic E-state index is 13.7. The van der Waals surface area contributed by atoms with Crippen molar-refractivity contribution in [3.05, 3.63) is 84.3 Å². The average Bonchev–Trinajstić information content (AvgIpc) is 3.65. The van der Waals surface area contributed by atoms with Gasteiger partial charge in [0.25, 0.3) is 5.91 Å². The van der Waals surface area contributed by atoms with Crippen molar-refractivity contribution in [1.82, 2.24) is 29.3 Å². The van der Waals surface area contributed by atoms with Gasteiger partial charge in [0.2, 0.25) is 0 Å². The van der Waals surface area contributed by atoms with E-state index in [1.54, 1.807) is 38.8 Å². The number of halogens is 1. The molecule has 208 valence electrons. The summed E-state index contributed by atoms with van der Waals surface area (Å²) in [6, 6.07) is 12.3. The number of rotatable bonds is 4. The number of ether oxygens (including phenoxy) is 1. The van der Waals surface area contributed by atoms with E-state index in [0.717, 1.165) is 28.1 Å². The fraction of sp³-hybridized carbons (Fsp3) is 0.194. The van der Waals surface area contributed by atoms with Gasteiger partial charge in [0, 0.05) is 91.6 Å². The summed E-state index contributed by atoms with van der Waals surface area (Å²) in [6.07, 6.45) is 8.96. The van der Waals surface area contributed by atoms with Gasteiger partial charge < -0.3 is 14.5 Å². The number of amides is 1. The lowest BCUT2D eigenvalue weighted by molar-refractivity contribution is -0.125. The molecule has 0 aliphatic carbocycles. The monoisotopic (exact) mass is 560 g/mol.